The Labute approximate surface area is 102 Å². The van der Waals surface area contributed by atoms with E-state index in [1.807, 2.05) is 0 Å². The van der Waals surface area contributed by atoms with Gasteiger partial charge < -0.3 is 5.32 Å². The summed E-state index contributed by atoms with van der Waals surface area (Å²) in [7, 11) is 0. The lowest BCUT2D eigenvalue weighted by molar-refractivity contribution is 0.0364. The van der Waals surface area contributed by atoms with E-state index >= 15 is 0 Å². The number of nitrogens with zero attached hydrogens (tertiary/aromatic N) is 1. The van der Waals surface area contributed by atoms with Crippen LogP contribution in [0.15, 0.2) is 0 Å². The zero-order valence-electron chi connectivity index (χ0n) is 11.9. The molecule has 0 unspecified atom stereocenters. The van der Waals surface area contributed by atoms with Crippen LogP contribution < -0.4 is 5.32 Å². The van der Waals surface area contributed by atoms with Gasteiger partial charge >= 0.3 is 0 Å². The Morgan fingerprint density at radius 1 is 1.19 bits per heavy atom. The van der Waals surface area contributed by atoms with E-state index in [9.17, 15) is 0 Å². The fraction of sp³-hybridized carbons (Fsp3) is 1.00. The van der Waals surface area contributed by atoms with Crippen molar-refractivity contribution >= 4 is 0 Å². The maximum Gasteiger partial charge on any atom is 0.0304 e. The second kappa shape index (κ2) is 5.50. The Morgan fingerprint density at radius 2 is 1.81 bits per heavy atom. The lowest BCUT2D eigenvalue weighted by Crippen LogP contribution is -2.64. The molecule has 0 radical (unpaired) electrons. The molecule has 0 aromatic rings. The quantitative estimate of drug-likeness (QED) is 0.775. The van der Waals surface area contributed by atoms with Crippen LogP contribution in [-0.4, -0.2) is 35.6 Å². The van der Waals surface area contributed by atoms with Gasteiger partial charge in [-0.2, -0.15) is 0 Å². The smallest absolute Gasteiger partial charge is 0.0304 e. The van der Waals surface area contributed by atoms with Gasteiger partial charge in [0.1, 0.15) is 0 Å². The monoisotopic (exact) mass is 226 g/mol. The van der Waals surface area contributed by atoms with E-state index in [2.05, 4.69) is 44.8 Å². The summed E-state index contributed by atoms with van der Waals surface area (Å²) in [6.07, 6.45) is 5.06. The van der Waals surface area contributed by atoms with Crippen LogP contribution in [0.25, 0.3) is 0 Å². The van der Waals surface area contributed by atoms with Crippen molar-refractivity contribution in [3.05, 3.63) is 0 Å². The molecule has 1 aliphatic heterocycles. The predicted octanol–water partition coefficient (Wildman–Crippen LogP) is 3.03. The van der Waals surface area contributed by atoms with Crippen LogP contribution >= 0.6 is 0 Å². The number of rotatable bonds is 5. The van der Waals surface area contributed by atoms with Gasteiger partial charge in [0.15, 0.2) is 0 Å². The molecule has 1 fully saturated rings. The SMILES string of the molecule is CCCC(C)(C)N1CCNC(CC)(CC)C1. The van der Waals surface area contributed by atoms with E-state index < -0.39 is 0 Å². The molecule has 2 nitrogen and oxygen atoms in total. The summed E-state index contributed by atoms with van der Waals surface area (Å²) in [4.78, 5) is 2.69. The van der Waals surface area contributed by atoms with E-state index in [4.69, 9.17) is 0 Å². The molecule has 1 rings (SSSR count). The summed E-state index contributed by atoms with van der Waals surface area (Å²) >= 11 is 0. The van der Waals surface area contributed by atoms with Crippen LogP contribution in [0.4, 0.5) is 0 Å². The van der Waals surface area contributed by atoms with E-state index in [1.165, 1.54) is 38.8 Å². The molecule has 1 aliphatic rings. The van der Waals surface area contributed by atoms with Crippen molar-refractivity contribution in [2.75, 3.05) is 19.6 Å². The first kappa shape index (κ1) is 14.0. The lowest BCUT2D eigenvalue weighted by Gasteiger charge is -2.49. The fourth-order valence-electron chi connectivity index (χ4n) is 2.97. The molecule has 0 bridgehead atoms. The van der Waals surface area contributed by atoms with Crippen molar-refractivity contribution in [1.82, 2.24) is 10.2 Å². The highest BCUT2D eigenvalue weighted by Crippen LogP contribution is 2.27. The first-order valence-electron chi connectivity index (χ1n) is 7.00. The largest absolute Gasteiger partial charge is 0.309 e. The van der Waals surface area contributed by atoms with E-state index in [0.717, 1.165) is 6.54 Å². The highest BCUT2D eigenvalue weighted by molar-refractivity contribution is 4.97. The molecule has 16 heavy (non-hydrogen) atoms. The van der Waals surface area contributed by atoms with Crippen LogP contribution in [-0.2, 0) is 0 Å². The third-order valence-corrected chi connectivity index (χ3v) is 4.45. The van der Waals surface area contributed by atoms with Crippen molar-refractivity contribution in [3.8, 4) is 0 Å². The molecule has 0 aromatic carbocycles. The lowest BCUT2D eigenvalue weighted by atomic mass is 9.86. The molecule has 1 saturated heterocycles. The summed E-state index contributed by atoms with van der Waals surface area (Å²) in [5.74, 6) is 0. The van der Waals surface area contributed by atoms with Gasteiger partial charge in [-0.1, -0.05) is 27.2 Å². The standard InChI is InChI=1S/C14H30N2/c1-6-9-13(4,5)16-11-10-15-14(7-2,8-3)12-16/h15H,6-12H2,1-5H3. The van der Waals surface area contributed by atoms with Crippen LogP contribution in [0.1, 0.15) is 60.3 Å². The molecule has 2 heteroatoms. The van der Waals surface area contributed by atoms with Crippen LogP contribution in [0, 0.1) is 0 Å². The highest BCUT2D eigenvalue weighted by atomic mass is 15.3. The predicted molar refractivity (Wildman–Crippen MR) is 71.9 cm³/mol. The molecule has 1 N–H and O–H groups in total. The number of piperazine rings is 1. The van der Waals surface area contributed by atoms with Gasteiger partial charge in [-0.3, -0.25) is 4.90 Å². The van der Waals surface area contributed by atoms with Gasteiger partial charge in [-0.05, 0) is 33.1 Å². The maximum absolute atomic E-state index is 3.73. The van der Waals surface area contributed by atoms with Crippen molar-refractivity contribution in [2.24, 2.45) is 0 Å². The number of nitrogens with one attached hydrogen (secondary N) is 1. The zero-order valence-corrected chi connectivity index (χ0v) is 11.9. The van der Waals surface area contributed by atoms with Crippen LogP contribution in [0.3, 0.4) is 0 Å². The van der Waals surface area contributed by atoms with Crippen molar-refractivity contribution in [3.63, 3.8) is 0 Å². The molecule has 0 atom stereocenters. The molecule has 1 heterocycles. The minimum absolute atomic E-state index is 0.364. The fourth-order valence-corrected chi connectivity index (χ4v) is 2.97. The Morgan fingerprint density at radius 3 is 2.31 bits per heavy atom. The summed E-state index contributed by atoms with van der Waals surface area (Å²) in [5, 5.41) is 3.73. The van der Waals surface area contributed by atoms with Crippen LogP contribution in [0.2, 0.25) is 0 Å². The molecule has 0 amide bonds. The third kappa shape index (κ3) is 2.98. The van der Waals surface area contributed by atoms with Crippen molar-refractivity contribution < 1.29 is 0 Å². The first-order chi connectivity index (χ1) is 7.49. The second-order valence-corrected chi connectivity index (χ2v) is 5.90. The maximum atomic E-state index is 3.73. The summed E-state index contributed by atoms with van der Waals surface area (Å²) in [6.45, 7) is 15.3. The van der Waals surface area contributed by atoms with Crippen LogP contribution in [0.5, 0.6) is 0 Å². The van der Waals surface area contributed by atoms with Gasteiger partial charge in [-0.15, -0.1) is 0 Å². The Balaban J connectivity index is 2.69. The van der Waals surface area contributed by atoms with Gasteiger partial charge in [-0.25, -0.2) is 0 Å². The molecule has 0 saturated carbocycles. The zero-order chi connectivity index (χ0) is 12.2. The average molecular weight is 226 g/mol. The molecule has 0 aliphatic carbocycles. The van der Waals surface area contributed by atoms with Gasteiger partial charge in [0.2, 0.25) is 0 Å². The van der Waals surface area contributed by atoms with Crippen molar-refractivity contribution in [2.45, 2.75) is 71.4 Å². The topological polar surface area (TPSA) is 15.3 Å². The minimum Gasteiger partial charge on any atom is -0.309 e. The second-order valence-electron chi connectivity index (χ2n) is 5.90. The minimum atomic E-state index is 0.364. The van der Waals surface area contributed by atoms with Gasteiger partial charge in [0, 0.05) is 30.7 Å². The highest BCUT2D eigenvalue weighted by Gasteiger charge is 2.37. The molecular formula is C14H30N2. The Kier molecular flexibility index (Phi) is 4.81. The van der Waals surface area contributed by atoms with E-state index in [0.29, 0.717) is 11.1 Å². The van der Waals surface area contributed by atoms with Gasteiger partial charge in [0.05, 0.1) is 0 Å². The normalized spacial score (nSPS) is 22.3. The van der Waals surface area contributed by atoms with E-state index in [1.54, 1.807) is 0 Å². The summed E-state index contributed by atoms with van der Waals surface area (Å²) < 4.78 is 0. The van der Waals surface area contributed by atoms with Crippen molar-refractivity contribution in [1.29, 1.82) is 0 Å². The Bertz CT molecular complexity index is 207. The first-order valence-corrected chi connectivity index (χ1v) is 7.00. The molecule has 0 spiro atoms. The third-order valence-electron chi connectivity index (χ3n) is 4.45. The molecule has 96 valence electrons. The number of hydrogen-bond donors (Lipinski definition) is 1. The average Bonchev–Trinajstić information content (AvgIpc) is 2.29. The molecule has 0 aromatic heterocycles. The van der Waals surface area contributed by atoms with E-state index in [-0.39, 0.29) is 0 Å². The van der Waals surface area contributed by atoms with Gasteiger partial charge in [0.25, 0.3) is 0 Å². The summed E-state index contributed by atoms with van der Waals surface area (Å²) in [6, 6.07) is 0. The number of hydrogen-bond acceptors (Lipinski definition) is 2. The molecular weight excluding hydrogens is 196 g/mol. The summed E-state index contributed by atoms with van der Waals surface area (Å²) in [5.41, 5.74) is 0.732. The Hall–Kier alpha value is -0.0800.